The largest absolute Gasteiger partial charge is 0.485 e. The number of rotatable bonds is 4. The van der Waals surface area contributed by atoms with Crippen LogP contribution in [-0.4, -0.2) is 12.4 Å². The summed E-state index contributed by atoms with van der Waals surface area (Å²) in [5.74, 6) is 0.742. The third-order valence-electron chi connectivity index (χ3n) is 3.19. The Morgan fingerprint density at radius 1 is 1.00 bits per heavy atom. The molecule has 0 aliphatic rings. The summed E-state index contributed by atoms with van der Waals surface area (Å²) in [5, 5.41) is 0. The smallest absolute Gasteiger partial charge is 0.200 e. The maximum atomic E-state index is 12.0. The number of carbonyl (C=O) groups is 1. The van der Waals surface area contributed by atoms with Crippen molar-refractivity contribution < 1.29 is 9.53 Å². The molecule has 0 N–H and O–H groups in total. The van der Waals surface area contributed by atoms with Crippen molar-refractivity contribution in [3.05, 3.63) is 64.7 Å². The highest BCUT2D eigenvalue weighted by Gasteiger charge is 2.07. The molecule has 0 fully saturated rings. The second-order valence-electron chi connectivity index (χ2n) is 4.83. The van der Waals surface area contributed by atoms with Crippen LogP contribution in [0.15, 0.2) is 42.5 Å². The van der Waals surface area contributed by atoms with E-state index in [2.05, 4.69) is 6.92 Å². The summed E-state index contributed by atoms with van der Waals surface area (Å²) in [6.07, 6.45) is 0. The molecule has 0 spiro atoms. The summed E-state index contributed by atoms with van der Waals surface area (Å²) in [6, 6.07) is 13.4. The van der Waals surface area contributed by atoms with Gasteiger partial charge in [-0.25, -0.2) is 0 Å². The average molecular weight is 254 g/mol. The Hall–Kier alpha value is -2.09. The molecule has 0 bridgehead atoms. The maximum absolute atomic E-state index is 12.0. The van der Waals surface area contributed by atoms with Gasteiger partial charge in [-0.05, 0) is 50.1 Å². The number of Topliss-reactive ketones (excluding diaryl/α,β-unsaturated/α-hetero) is 1. The number of aryl methyl sites for hydroxylation is 3. The van der Waals surface area contributed by atoms with E-state index in [1.165, 1.54) is 11.1 Å². The quantitative estimate of drug-likeness (QED) is 0.774. The molecule has 0 aromatic heterocycles. The first kappa shape index (κ1) is 13.3. The first-order valence-electron chi connectivity index (χ1n) is 6.36. The third kappa shape index (κ3) is 3.44. The van der Waals surface area contributed by atoms with Crippen LogP contribution in [0, 0.1) is 20.8 Å². The molecular weight excluding hydrogens is 236 g/mol. The molecule has 19 heavy (non-hydrogen) atoms. The lowest BCUT2D eigenvalue weighted by Crippen LogP contribution is -2.11. The highest BCUT2D eigenvalue weighted by molar-refractivity contribution is 5.97. The fourth-order valence-electron chi connectivity index (χ4n) is 1.85. The van der Waals surface area contributed by atoms with E-state index in [1.807, 2.05) is 56.3 Å². The van der Waals surface area contributed by atoms with Crippen LogP contribution >= 0.6 is 0 Å². The van der Waals surface area contributed by atoms with Gasteiger partial charge in [-0.3, -0.25) is 4.79 Å². The molecule has 2 heteroatoms. The normalized spacial score (nSPS) is 10.3. The van der Waals surface area contributed by atoms with Crippen molar-refractivity contribution in [2.45, 2.75) is 20.8 Å². The minimum absolute atomic E-state index is 0.00179. The minimum Gasteiger partial charge on any atom is -0.485 e. The van der Waals surface area contributed by atoms with Crippen molar-refractivity contribution in [3.8, 4) is 5.75 Å². The van der Waals surface area contributed by atoms with Gasteiger partial charge in [-0.2, -0.15) is 0 Å². The highest BCUT2D eigenvalue weighted by Crippen LogP contribution is 2.16. The van der Waals surface area contributed by atoms with Crippen LogP contribution in [0.4, 0.5) is 0 Å². The zero-order valence-corrected chi connectivity index (χ0v) is 11.6. The van der Waals surface area contributed by atoms with Crippen LogP contribution in [0.1, 0.15) is 27.0 Å². The molecule has 0 aliphatic carbocycles. The Bertz CT molecular complexity index is 600. The summed E-state index contributed by atoms with van der Waals surface area (Å²) >= 11 is 0. The first-order chi connectivity index (χ1) is 9.06. The molecule has 2 rings (SSSR count). The van der Waals surface area contributed by atoms with Crippen molar-refractivity contribution in [1.29, 1.82) is 0 Å². The van der Waals surface area contributed by atoms with Gasteiger partial charge in [0, 0.05) is 5.56 Å². The Morgan fingerprint density at radius 3 is 2.47 bits per heavy atom. The molecule has 2 aromatic rings. The molecular formula is C17H18O2. The Labute approximate surface area is 114 Å². The van der Waals surface area contributed by atoms with Gasteiger partial charge in [-0.15, -0.1) is 0 Å². The fraction of sp³-hybridized carbons (Fsp3) is 0.235. The van der Waals surface area contributed by atoms with Crippen molar-refractivity contribution >= 4 is 5.78 Å². The Kier molecular flexibility index (Phi) is 4.00. The van der Waals surface area contributed by atoms with Crippen molar-refractivity contribution in [2.75, 3.05) is 6.61 Å². The molecule has 98 valence electrons. The van der Waals surface area contributed by atoms with Gasteiger partial charge >= 0.3 is 0 Å². The van der Waals surface area contributed by atoms with Gasteiger partial charge in [0.25, 0.3) is 0 Å². The number of carbonyl (C=O) groups excluding carboxylic acids is 1. The van der Waals surface area contributed by atoms with Crippen molar-refractivity contribution in [3.63, 3.8) is 0 Å². The average Bonchev–Trinajstić information content (AvgIpc) is 2.40. The van der Waals surface area contributed by atoms with Crippen LogP contribution in [0.2, 0.25) is 0 Å². The molecule has 0 atom stereocenters. The number of hydrogen-bond acceptors (Lipinski definition) is 2. The lowest BCUT2D eigenvalue weighted by Gasteiger charge is -2.08. The fourth-order valence-corrected chi connectivity index (χ4v) is 1.85. The number of ether oxygens (including phenoxy) is 1. The highest BCUT2D eigenvalue weighted by atomic mass is 16.5. The second kappa shape index (κ2) is 5.70. The molecule has 2 nitrogen and oxygen atoms in total. The van der Waals surface area contributed by atoms with Crippen molar-refractivity contribution in [1.82, 2.24) is 0 Å². The molecule has 0 amide bonds. The van der Waals surface area contributed by atoms with Gasteiger partial charge in [0.05, 0.1) is 0 Å². The SMILES string of the molecule is Cc1cccc(C(=O)COc2ccc(C)c(C)c2)c1. The topological polar surface area (TPSA) is 26.3 Å². The van der Waals surface area contributed by atoms with Crippen LogP contribution in [-0.2, 0) is 0 Å². The second-order valence-corrected chi connectivity index (χ2v) is 4.83. The molecule has 0 saturated heterocycles. The van der Waals surface area contributed by atoms with Gasteiger partial charge in [-0.1, -0.05) is 29.8 Å². The predicted molar refractivity (Wildman–Crippen MR) is 76.9 cm³/mol. The van der Waals surface area contributed by atoms with Crippen molar-refractivity contribution in [2.24, 2.45) is 0 Å². The Morgan fingerprint density at radius 2 is 1.79 bits per heavy atom. The van der Waals surface area contributed by atoms with Gasteiger partial charge in [0.1, 0.15) is 5.75 Å². The standard InChI is InChI=1S/C17H18O2/c1-12-5-4-6-15(9-12)17(18)11-19-16-8-7-13(2)14(3)10-16/h4-10H,11H2,1-3H3. The summed E-state index contributed by atoms with van der Waals surface area (Å²) in [4.78, 5) is 12.0. The van der Waals surface area contributed by atoms with E-state index < -0.39 is 0 Å². The van der Waals surface area contributed by atoms with E-state index in [4.69, 9.17) is 4.74 Å². The summed E-state index contributed by atoms with van der Waals surface area (Å²) in [6.45, 7) is 6.13. The third-order valence-corrected chi connectivity index (χ3v) is 3.19. The van der Waals surface area contributed by atoms with E-state index >= 15 is 0 Å². The van der Waals surface area contributed by atoms with E-state index in [1.54, 1.807) is 0 Å². The zero-order valence-electron chi connectivity index (χ0n) is 11.6. The lowest BCUT2D eigenvalue weighted by molar-refractivity contribution is 0.0921. The van der Waals surface area contributed by atoms with E-state index in [-0.39, 0.29) is 12.4 Å². The van der Waals surface area contributed by atoms with Crippen LogP contribution < -0.4 is 4.74 Å². The lowest BCUT2D eigenvalue weighted by atomic mass is 10.1. The molecule has 0 saturated carbocycles. The predicted octanol–water partition coefficient (Wildman–Crippen LogP) is 3.87. The van der Waals surface area contributed by atoms with Gasteiger partial charge in [0.2, 0.25) is 0 Å². The summed E-state index contributed by atoms with van der Waals surface area (Å²) < 4.78 is 5.55. The molecule has 0 heterocycles. The maximum Gasteiger partial charge on any atom is 0.200 e. The molecule has 2 aromatic carbocycles. The van der Waals surface area contributed by atoms with Gasteiger partial charge < -0.3 is 4.74 Å². The number of ketones is 1. The first-order valence-corrected chi connectivity index (χ1v) is 6.36. The van der Waals surface area contributed by atoms with Crippen LogP contribution in [0.3, 0.4) is 0 Å². The number of hydrogen-bond donors (Lipinski definition) is 0. The molecule has 0 aliphatic heterocycles. The van der Waals surface area contributed by atoms with Crippen LogP contribution in [0.5, 0.6) is 5.75 Å². The van der Waals surface area contributed by atoms with E-state index in [9.17, 15) is 4.79 Å². The zero-order chi connectivity index (χ0) is 13.8. The van der Waals surface area contributed by atoms with E-state index in [0.29, 0.717) is 5.56 Å². The van der Waals surface area contributed by atoms with Crippen LogP contribution in [0.25, 0.3) is 0 Å². The molecule has 0 unspecified atom stereocenters. The monoisotopic (exact) mass is 254 g/mol. The Balaban J connectivity index is 2.02. The molecule has 0 radical (unpaired) electrons. The van der Waals surface area contributed by atoms with E-state index in [0.717, 1.165) is 11.3 Å². The minimum atomic E-state index is 0.00179. The number of benzene rings is 2. The summed E-state index contributed by atoms with van der Waals surface area (Å²) in [5.41, 5.74) is 4.17. The van der Waals surface area contributed by atoms with Gasteiger partial charge in [0.15, 0.2) is 12.4 Å². The summed E-state index contributed by atoms with van der Waals surface area (Å²) in [7, 11) is 0.